The molecule has 0 spiro atoms. The van der Waals surface area contributed by atoms with E-state index in [1.165, 1.54) is 22.1 Å². The Hall–Kier alpha value is -2.78. The molecule has 3 nitrogen and oxygen atoms in total. The summed E-state index contributed by atoms with van der Waals surface area (Å²) in [4.78, 5) is 5.79. The van der Waals surface area contributed by atoms with Gasteiger partial charge in [0, 0.05) is 42.3 Å². The Morgan fingerprint density at radius 1 is 1.10 bits per heavy atom. The topological polar surface area (TPSA) is 28.3 Å². The van der Waals surface area contributed by atoms with E-state index in [9.17, 15) is 0 Å². The van der Waals surface area contributed by atoms with Gasteiger partial charge in [0.2, 0.25) is 0 Å². The van der Waals surface area contributed by atoms with Gasteiger partial charge in [-0.3, -0.25) is 4.90 Å². The van der Waals surface area contributed by atoms with Crippen molar-refractivity contribution < 1.29 is 4.74 Å². The van der Waals surface area contributed by atoms with E-state index in [0.29, 0.717) is 0 Å². The van der Waals surface area contributed by atoms with Crippen LogP contribution < -0.4 is 4.74 Å². The van der Waals surface area contributed by atoms with Crippen LogP contribution in [0.2, 0.25) is 0 Å². The molecule has 1 aromatic heterocycles. The maximum atomic E-state index is 6.07. The number of hydrogen-bond acceptors (Lipinski definition) is 2. The summed E-state index contributed by atoms with van der Waals surface area (Å²) < 4.78 is 6.07. The third-order valence-corrected chi connectivity index (χ3v) is 5.58. The highest BCUT2D eigenvalue weighted by Gasteiger charge is 2.12. The monoisotopic (exact) mass is 386 g/mol. The van der Waals surface area contributed by atoms with E-state index >= 15 is 0 Å². The van der Waals surface area contributed by atoms with Crippen LogP contribution in [0.1, 0.15) is 37.3 Å². The van der Waals surface area contributed by atoms with Crippen molar-refractivity contribution in [2.75, 3.05) is 26.2 Å². The van der Waals surface area contributed by atoms with Gasteiger partial charge < -0.3 is 9.72 Å². The van der Waals surface area contributed by atoms with Crippen LogP contribution >= 0.6 is 0 Å². The van der Waals surface area contributed by atoms with E-state index in [4.69, 9.17) is 4.74 Å². The van der Waals surface area contributed by atoms with Gasteiger partial charge in [0.05, 0.1) is 6.61 Å². The smallest absolute Gasteiger partial charge is 0.127 e. The summed E-state index contributed by atoms with van der Waals surface area (Å²) in [6.07, 6.45) is 12.2. The van der Waals surface area contributed by atoms with Crippen molar-refractivity contribution in [3.63, 3.8) is 0 Å². The average Bonchev–Trinajstić information content (AvgIpc) is 3.25. The maximum absolute atomic E-state index is 6.07. The molecule has 0 bridgehead atoms. The highest BCUT2D eigenvalue weighted by atomic mass is 16.5. The molecule has 0 unspecified atom stereocenters. The van der Waals surface area contributed by atoms with Crippen LogP contribution in [-0.2, 0) is 0 Å². The van der Waals surface area contributed by atoms with Crippen LogP contribution in [0.5, 0.6) is 5.75 Å². The first kappa shape index (κ1) is 19.5. The lowest BCUT2D eigenvalue weighted by molar-refractivity contribution is 0.309. The van der Waals surface area contributed by atoms with Crippen molar-refractivity contribution in [2.24, 2.45) is 0 Å². The van der Waals surface area contributed by atoms with Crippen molar-refractivity contribution in [3.8, 4) is 5.75 Å². The maximum Gasteiger partial charge on any atom is 0.127 e. The summed E-state index contributed by atoms with van der Waals surface area (Å²) in [6.45, 7) is 6.01. The predicted molar refractivity (Wildman–Crippen MR) is 123 cm³/mol. The second-order valence-electron chi connectivity index (χ2n) is 7.63. The molecular formula is C26H30N2O. The third-order valence-electron chi connectivity index (χ3n) is 5.58. The molecule has 0 saturated carbocycles. The Bertz CT molecular complexity index is 984. The first-order valence-electron chi connectivity index (χ1n) is 10.7. The summed E-state index contributed by atoms with van der Waals surface area (Å²) in [5, 5.41) is 1.22. The molecule has 2 heterocycles. The van der Waals surface area contributed by atoms with Gasteiger partial charge in [-0.15, -0.1) is 0 Å². The zero-order valence-electron chi connectivity index (χ0n) is 17.2. The standard InChI is InChI=1S/C26H30N2O/c1-2-3-20-29-26-12-11-25-23(13-16-27-25)24(26)10-7-17-28-18-14-22(15-19-28)21-8-5-4-6-9-21/h4-14,16,27H,2-3,15,17-20H2,1H3. The molecule has 0 fully saturated rings. The molecule has 0 amide bonds. The highest BCUT2D eigenvalue weighted by Crippen LogP contribution is 2.29. The van der Waals surface area contributed by atoms with Gasteiger partial charge in [-0.1, -0.05) is 61.9 Å². The third kappa shape index (κ3) is 4.80. The molecule has 1 aliphatic rings. The van der Waals surface area contributed by atoms with Gasteiger partial charge in [0.15, 0.2) is 0 Å². The van der Waals surface area contributed by atoms with E-state index in [-0.39, 0.29) is 0 Å². The van der Waals surface area contributed by atoms with Gasteiger partial charge in [-0.05, 0) is 42.2 Å². The van der Waals surface area contributed by atoms with Crippen molar-refractivity contribution in [1.82, 2.24) is 9.88 Å². The van der Waals surface area contributed by atoms with Gasteiger partial charge in [-0.25, -0.2) is 0 Å². The first-order valence-corrected chi connectivity index (χ1v) is 10.7. The van der Waals surface area contributed by atoms with Crippen LogP contribution in [0.3, 0.4) is 0 Å². The van der Waals surface area contributed by atoms with Crippen molar-refractivity contribution in [2.45, 2.75) is 26.2 Å². The quantitative estimate of drug-likeness (QED) is 0.470. The van der Waals surface area contributed by atoms with E-state index in [2.05, 4.69) is 83.6 Å². The summed E-state index contributed by atoms with van der Waals surface area (Å²) in [5.41, 5.74) is 5.16. The summed E-state index contributed by atoms with van der Waals surface area (Å²) in [6, 6.07) is 17.1. The van der Waals surface area contributed by atoms with Gasteiger partial charge >= 0.3 is 0 Å². The van der Waals surface area contributed by atoms with E-state index < -0.39 is 0 Å². The Morgan fingerprint density at radius 3 is 2.79 bits per heavy atom. The lowest BCUT2D eigenvalue weighted by Crippen LogP contribution is -2.28. The number of aromatic nitrogens is 1. The molecule has 0 aliphatic carbocycles. The number of hydrogen-bond donors (Lipinski definition) is 1. The Kier molecular flexibility index (Phi) is 6.48. The van der Waals surface area contributed by atoms with Crippen LogP contribution in [-0.4, -0.2) is 36.1 Å². The van der Waals surface area contributed by atoms with E-state index in [1.807, 2.05) is 6.20 Å². The Morgan fingerprint density at radius 2 is 2.00 bits per heavy atom. The molecule has 150 valence electrons. The lowest BCUT2D eigenvalue weighted by Gasteiger charge is -2.25. The number of nitrogens with one attached hydrogen (secondary N) is 1. The summed E-state index contributed by atoms with van der Waals surface area (Å²) in [7, 11) is 0. The fourth-order valence-corrected chi connectivity index (χ4v) is 3.87. The number of ether oxygens (including phenoxy) is 1. The van der Waals surface area contributed by atoms with Crippen molar-refractivity contribution in [1.29, 1.82) is 0 Å². The predicted octanol–water partition coefficient (Wildman–Crippen LogP) is 6.15. The molecule has 29 heavy (non-hydrogen) atoms. The van der Waals surface area contributed by atoms with Crippen LogP contribution in [0.15, 0.2) is 66.9 Å². The molecule has 1 aliphatic heterocycles. The molecule has 0 saturated heterocycles. The number of H-pyrrole nitrogens is 1. The zero-order valence-corrected chi connectivity index (χ0v) is 17.2. The summed E-state index contributed by atoms with van der Waals surface area (Å²) >= 11 is 0. The average molecular weight is 387 g/mol. The minimum absolute atomic E-state index is 0.770. The number of unbranched alkanes of at least 4 members (excludes halogenated alkanes) is 1. The summed E-state index contributed by atoms with van der Waals surface area (Å²) in [5.74, 6) is 0.978. The van der Waals surface area contributed by atoms with Crippen molar-refractivity contribution >= 4 is 22.6 Å². The number of fused-ring (bicyclic) bond motifs is 1. The van der Waals surface area contributed by atoms with Crippen LogP contribution in [0, 0.1) is 0 Å². The fourth-order valence-electron chi connectivity index (χ4n) is 3.87. The van der Waals surface area contributed by atoms with Crippen LogP contribution in [0.4, 0.5) is 0 Å². The normalized spacial score (nSPS) is 15.1. The Balaban J connectivity index is 1.43. The molecule has 0 atom stereocenters. The molecule has 0 radical (unpaired) electrons. The van der Waals surface area contributed by atoms with E-state index in [1.54, 1.807) is 0 Å². The number of aromatic amines is 1. The van der Waals surface area contributed by atoms with Crippen molar-refractivity contribution in [3.05, 3.63) is 78.0 Å². The number of benzene rings is 2. The molecule has 4 rings (SSSR count). The van der Waals surface area contributed by atoms with Gasteiger partial charge in [0.25, 0.3) is 0 Å². The Labute approximate surface area is 173 Å². The minimum atomic E-state index is 0.770. The minimum Gasteiger partial charge on any atom is -0.493 e. The molecule has 3 heteroatoms. The van der Waals surface area contributed by atoms with Gasteiger partial charge in [-0.2, -0.15) is 0 Å². The van der Waals surface area contributed by atoms with Gasteiger partial charge in [0.1, 0.15) is 5.75 Å². The molecule has 2 aromatic carbocycles. The highest BCUT2D eigenvalue weighted by molar-refractivity contribution is 5.91. The molecular weight excluding hydrogens is 356 g/mol. The lowest BCUT2D eigenvalue weighted by atomic mass is 9.99. The SMILES string of the molecule is CCCCOc1ccc2[nH]ccc2c1C=CCN1CC=C(c2ccccc2)CC1. The molecule has 1 N–H and O–H groups in total. The number of rotatable bonds is 8. The number of nitrogens with zero attached hydrogens (tertiary/aromatic N) is 1. The zero-order chi connectivity index (χ0) is 19.9. The fraction of sp³-hybridized carbons (Fsp3) is 0.308. The molecule has 3 aromatic rings. The second-order valence-corrected chi connectivity index (χ2v) is 7.63. The largest absolute Gasteiger partial charge is 0.493 e. The van der Waals surface area contributed by atoms with E-state index in [0.717, 1.165) is 56.8 Å². The second kappa shape index (κ2) is 9.62. The van der Waals surface area contributed by atoms with Crippen LogP contribution in [0.25, 0.3) is 22.6 Å². The first-order chi connectivity index (χ1) is 14.3.